The third kappa shape index (κ3) is 5.09. The second kappa shape index (κ2) is 9.54. The van der Waals surface area contributed by atoms with Crippen molar-refractivity contribution in [3.63, 3.8) is 0 Å². The van der Waals surface area contributed by atoms with Crippen molar-refractivity contribution in [3.05, 3.63) is 35.5 Å². The van der Waals surface area contributed by atoms with Crippen molar-refractivity contribution in [1.82, 2.24) is 0 Å². The maximum atomic E-state index is 10.1. The Kier molecular flexibility index (Phi) is 7.52. The van der Waals surface area contributed by atoms with Crippen LogP contribution in [-0.2, 0) is 0 Å². The van der Waals surface area contributed by atoms with Crippen molar-refractivity contribution in [2.45, 2.75) is 99.0 Å². The molecule has 0 bridgehead atoms. The monoisotopic (exact) mass is 398 g/mol. The molecule has 0 heterocycles. The van der Waals surface area contributed by atoms with Gasteiger partial charge in [-0.2, -0.15) is 0 Å². The molecule has 164 valence electrons. The van der Waals surface area contributed by atoms with Crippen LogP contribution in [0.25, 0.3) is 0 Å². The van der Waals surface area contributed by atoms with E-state index in [1.165, 1.54) is 37.7 Å². The zero-order valence-electron chi connectivity index (χ0n) is 20.0. The summed E-state index contributed by atoms with van der Waals surface area (Å²) >= 11 is 0. The van der Waals surface area contributed by atoms with E-state index < -0.39 is 0 Å². The summed E-state index contributed by atoms with van der Waals surface area (Å²) in [6.07, 6.45) is 19.5. The Labute approximate surface area is 180 Å². The van der Waals surface area contributed by atoms with Gasteiger partial charge in [-0.05, 0) is 92.3 Å². The second-order valence-electron chi connectivity index (χ2n) is 11.3. The van der Waals surface area contributed by atoms with Crippen molar-refractivity contribution in [2.75, 3.05) is 0 Å². The molecule has 3 rings (SSSR count). The predicted octanol–water partition coefficient (Wildman–Crippen LogP) is 7.72. The Bertz CT molecular complexity index is 639. The molecular weight excluding hydrogens is 352 g/mol. The molecule has 0 spiro atoms. The summed E-state index contributed by atoms with van der Waals surface area (Å²) in [6, 6.07) is 0. The highest BCUT2D eigenvalue weighted by molar-refractivity contribution is 5.27. The fraction of sp³-hybridized carbons (Fsp3) is 0.786. The lowest BCUT2D eigenvalue weighted by atomic mass is 9.61. The van der Waals surface area contributed by atoms with Gasteiger partial charge in [0.25, 0.3) is 0 Å². The Morgan fingerprint density at radius 3 is 2.41 bits per heavy atom. The van der Waals surface area contributed by atoms with E-state index in [0.29, 0.717) is 23.2 Å². The van der Waals surface area contributed by atoms with Crippen LogP contribution in [0.15, 0.2) is 35.5 Å². The highest BCUT2D eigenvalue weighted by Crippen LogP contribution is 2.59. The summed E-state index contributed by atoms with van der Waals surface area (Å²) in [5.41, 5.74) is 3.63. The molecule has 3 aliphatic rings. The second-order valence-corrected chi connectivity index (χ2v) is 11.3. The zero-order chi connectivity index (χ0) is 21.2. The third-order valence-corrected chi connectivity index (χ3v) is 8.99. The smallest absolute Gasteiger partial charge is 0.0577 e. The van der Waals surface area contributed by atoms with Crippen LogP contribution in [0, 0.1) is 40.9 Å². The first-order valence-electron chi connectivity index (χ1n) is 12.5. The maximum Gasteiger partial charge on any atom is 0.0577 e. The molecule has 0 unspecified atom stereocenters. The normalized spacial score (nSPS) is 40.7. The van der Waals surface area contributed by atoms with E-state index in [-0.39, 0.29) is 6.10 Å². The minimum Gasteiger partial charge on any atom is -0.393 e. The van der Waals surface area contributed by atoms with E-state index in [9.17, 15) is 5.11 Å². The molecule has 7 atom stereocenters. The Balaban J connectivity index is 1.74. The molecule has 0 aliphatic heterocycles. The number of aliphatic hydroxyl groups excluding tert-OH is 1. The lowest BCUT2D eigenvalue weighted by molar-refractivity contribution is 0.112. The molecule has 3 saturated carbocycles. The summed E-state index contributed by atoms with van der Waals surface area (Å²) in [5, 5.41) is 10.1. The molecule has 0 radical (unpaired) electrons. The number of aliphatic hydroxyl groups is 1. The van der Waals surface area contributed by atoms with E-state index >= 15 is 0 Å². The first-order chi connectivity index (χ1) is 13.7. The van der Waals surface area contributed by atoms with Crippen molar-refractivity contribution >= 4 is 0 Å². The van der Waals surface area contributed by atoms with E-state index in [0.717, 1.165) is 37.0 Å². The Morgan fingerprint density at radius 1 is 0.966 bits per heavy atom. The highest BCUT2D eigenvalue weighted by atomic mass is 16.3. The minimum absolute atomic E-state index is 0.121. The number of fused-ring (bicyclic) bond motifs is 1. The summed E-state index contributed by atoms with van der Waals surface area (Å²) in [4.78, 5) is 0. The minimum atomic E-state index is -0.121. The Morgan fingerprint density at radius 2 is 1.69 bits per heavy atom. The molecule has 1 N–H and O–H groups in total. The average molecular weight is 399 g/mol. The quantitative estimate of drug-likeness (QED) is 0.470. The first kappa shape index (κ1) is 22.9. The van der Waals surface area contributed by atoms with Gasteiger partial charge >= 0.3 is 0 Å². The van der Waals surface area contributed by atoms with Gasteiger partial charge in [0.2, 0.25) is 0 Å². The molecular formula is C28H46O. The van der Waals surface area contributed by atoms with Crippen LogP contribution in [0.3, 0.4) is 0 Å². The van der Waals surface area contributed by atoms with E-state index in [1.807, 2.05) is 0 Å². The molecule has 1 nitrogen and oxygen atoms in total. The van der Waals surface area contributed by atoms with Crippen LogP contribution in [0.5, 0.6) is 0 Å². The molecule has 3 fully saturated rings. The van der Waals surface area contributed by atoms with Crippen LogP contribution in [0.1, 0.15) is 92.9 Å². The molecule has 3 aliphatic carbocycles. The van der Waals surface area contributed by atoms with Crippen LogP contribution >= 0.6 is 0 Å². The lowest BCUT2D eigenvalue weighted by Gasteiger charge is -2.44. The van der Waals surface area contributed by atoms with Crippen molar-refractivity contribution in [2.24, 2.45) is 40.9 Å². The van der Waals surface area contributed by atoms with Crippen LogP contribution < -0.4 is 0 Å². The maximum absolute atomic E-state index is 10.1. The highest BCUT2D eigenvalue weighted by Gasteiger charge is 2.50. The number of hydrogen-bond donors (Lipinski definition) is 1. The van der Waals surface area contributed by atoms with Gasteiger partial charge in [0.1, 0.15) is 0 Å². The molecule has 0 aromatic carbocycles. The summed E-state index contributed by atoms with van der Waals surface area (Å²) in [7, 11) is 0. The first-order valence-corrected chi connectivity index (χ1v) is 12.5. The lowest BCUT2D eigenvalue weighted by Crippen LogP contribution is -2.35. The van der Waals surface area contributed by atoms with E-state index in [1.54, 1.807) is 5.57 Å². The van der Waals surface area contributed by atoms with Gasteiger partial charge in [-0.15, -0.1) is 0 Å². The molecule has 0 aromatic heterocycles. The van der Waals surface area contributed by atoms with Crippen LogP contribution in [-0.4, -0.2) is 11.2 Å². The van der Waals surface area contributed by atoms with Gasteiger partial charge < -0.3 is 5.11 Å². The number of rotatable bonds is 5. The Hall–Kier alpha value is -0.820. The van der Waals surface area contributed by atoms with Crippen molar-refractivity contribution < 1.29 is 5.11 Å². The summed E-state index contributed by atoms with van der Waals surface area (Å²) < 4.78 is 0. The van der Waals surface area contributed by atoms with Crippen molar-refractivity contribution in [1.29, 1.82) is 0 Å². The van der Waals surface area contributed by atoms with Gasteiger partial charge in [0.05, 0.1) is 6.10 Å². The topological polar surface area (TPSA) is 20.2 Å². The standard InChI is InChI=1S/C28H46O/c1-19(2)20(3)9-10-22(5)26-15-16-27-23(8-7-17-28(26,27)6)12-13-24-18-25(29)14-11-21(24)4/h9-10,12-13,19-22,25-27,29H,7-8,11,14-18H2,1-6H3/b10-9+,23-12+,24-13+/t20-,21-,22-,25+,26-,27-,28+/m1/s1. The number of hydrogen-bond acceptors (Lipinski definition) is 1. The summed E-state index contributed by atoms with van der Waals surface area (Å²) in [5.74, 6) is 4.29. The van der Waals surface area contributed by atoms with Gasteiger partial charge in [-0.3, -0.25) is 0 Å². The molecule has 29 heavy (non-hydrogen) atoms. The van der Waals surface area contributed by atoms with Crippen LogP contribution in [0.4, 0.5) is 0 Å². The van der Waals surface area contributed by atoms with E-state index in [2.05, 4.69) is 65.8 Å². The molecule has 0 saturated heterocycles. The fourth-order valence-electron chi connectivity index (χ4n) is 6.50. The third-order valence-electron chi connectivity index (χ3n) is 8.99. The molecule has 0 aromatic rings. The fourth-order valence-corrected chi connectivity index (χ4v) is 6.50. The SMILES string of the molecule is CC(C)[C@H](C)/C=C/[C@@H](C)[C@H]1CC[C@@H]2/C(=C/C=C3\C[C@@H](O)CC[C@H]3C)CCC[C@]21C. The van der Waals surface area contributed by atoms with Gasteiger partial charge in [0.15, 0.2) is 0 Å². The van der Waals surface area contributed by atoms with Crippen molar-refractivity contribution in [3.8, 4) is 0 Å². The largest absolute Gasteiger partial charge is 0.393 e. The van der Waals surface area contributed by atoms with Gasteiger partial charge in [0, 0.05) is 0 Å². The number of allylic oxidation sites excluding steroid dienone is 5. The summed E-state index contributed by atoms with van der Waals surface area (Å²) in [6.45, 7) is 14.4. The molecule has 1 heteroatoms. The predicted molar refractivity (Wildman–Crippen MR) is 126 cm³/mol. The average Bonchev–Trinajstić information content (AvgIpc) is 3.04. The van der Waals surface area contributed by atoms with Crippen LogP contribution in [0.2, 0.25) is 0 Å². The molecule has 0 amide bonds. The van der Waals surface area contributed by atoms with Gasteiger partial charge in [-0.1, -0.05) is 77.0 Å². The van der Waals surface area contributed by atoms with E-state index in [4.69, 9.17) is 0 Å². The van der Waals surface area contributed by atoms with Gasteiger partial charge in [-0.25, -0.2) is 0 Å². The zero-order valence-corrected chi connectivity index (χ0v) is 20.0.